The minimum Gasteiger partial charge on any atom is -0.480 e. The predicted octanol–water partition coefficient (Wildman–Crippen LogP) is -0.990. The number of carbonyl (C=O) groups is 4. The highest BCUT2D eigenvalue weighted by atomic mass is 32.2. The zero-order valence-corrected chi connectivity index (χ0v) is 16.9. The van der Waals surface area contributed by atoms with Gasteiger partial charge in [-0.25, -0.2) is 4.79 Å². The molecule has 0 heterocycles. The number of rotatable bonds is 13. The number of carboxylic acids is 1. The molecule has 0 aliphatic rings. The summed E-state index contributed by atoms with van der Waals surface area (Å²) < 4.78 is 0. The second kappa shape index (κ2) is 13.7. The first-order valence-corrected chi connectivity index (χ1v) is 10.8. The third-order valence-corrected chi connectivity index (χ3v) is 4.61. The number of amides is 3. The van der Waals surface area contributed by atoms with E-state index in [2.05, 4.69) is 16.0 Å². The van der Waals surface area contributed by atoms with Crippen LogP contribution in [0.25, 0.3) is 0 Å². The lowest BCUT2D eigenvalue weighted by atomic mass is 10.2. The Morgan fingerprint density at radius 2 is 1.50 bits per heavy atom. The molecule has 26 heavy (non-hydrogen) atoms. The molecule has 0 fully saturated rings. The Kier molecular flexibility index (Phi) is 12.9. The number of nitrogens with one attached hydrogen (secondary N) is 3. The minimum absolute atomic E-state index is 0.289. The van der Waals surface area contributed by atoms with Crippen LogP contribution in [0.4, 0.5) is 0 Å². The normalized spacial score (nSPS) is 14.0. The van der Waals surface area contributed by atoms with Crippen molar-refractivity contribution in [3.05, 3.63) is 0 Å². The van der Waals surface area contributed by atoms with Crippen molar-refractivity contribution >= 4 is 47.2 Å². The van der Waals surface area contributed by atoms with Gasteiger partial charge in [0.1, 0.15) is 12.1 Å². The predicted molar refractivity (Wildman–Crippen MR) is 104 cm³/mol. The van der Waals surface area contributed by atoms with Crippen molar-refractivity contribution in [1.82, 2.24) is 16.0 Å². The van der Waals surface area contributed by atoms with Gasteiger partial charge in [-0.2, -0.15) is 23.5 Å². The zero-order valence-electron chi connectivity index (χ0n) is 15.2. The molecule has 6 N–H and O–H groups in total. The molecule has 0 aromatic heterocycles. The van der Waals surface area contributed by atoms with Crippen LogP contribution < -0.4 is 21.7 Å². The van der Waals surface area contributed by atoms with E-state index in [4.69, 9.17) is 10.8 Å². The molecule has 0 bridgehead atoms. The summed E-state index contributed by atoms with van der Waals surface area (Å²) >= 11 is 2.99. The number of carbonyl (C=O) groups excluding carboxylic acids is 3. The van der Waals surface area contributed by atoms with Gasteiger partial charge in [-0.05, 0) is 43.8 Å². The summed E-state index contributed by atoms with van der Waals surface area (Å²) in [6.07, 6.45) is 4.39. The lowest BCUT2D eigenvalue weighted by molar-refractivity contribution is -0.141. The third kappa shape index (κ3) is 10.5. The molecular formula is C15H28N4O5S2. The molecule has 0 aliphatic heterocycles. The number of nitrogens with two attached hydrogens (primary N) is 1. The monoisotopic (exact) mass is 408 g/mol. The van der Waals surface area contributed by atoms with Crippen molar-refractivity contribution in [3.8, 4) is 0 Å². The fraction of sp³-hybridized carbons (Fsp3) is 0.733. The molecule has 150 valence electrons. The molecule has 0 spiro atoms. The Labute approximate surface area is 162 Å². The Bertz CT molecular complexity index is 491. The van der Waals surface area contributed by atoms with Gasteiger partial charge in [0, 0.05) is 0 Å². The summed E-state index contributed by atoms with van der Waals surface area (Å²) in [5, 5.41) is 16.4. The summed E-state index contributed by atoms with van der Waals surface area (Å²) in [6, 6.07) is -2.56. The molecule has 3 atom stereocenters. The van der Waals surface area contributed by atoms with Crippen LogP contribution in [0.1, 0.15) is 19.8 Å². The highest BCUT2D eigenvalue weighted by Crippen LogP contribution is 2.02. The van der Waals surface area contributed by atoms with Gasteiger partial charge >= 0.3 is 5.97 Å². The van der Waals surface area contributed by atoms with Gasteiger partial charge in [-0.3, -0.25) is 14.4 Å². The van der Waals surface area contributed by atoms with Gasteiger partial charge in [-0.1, -0.05) is 0 Å². The van der Waals surface area contributed by atoms with Crippen molar-refractivity contribution in [3.63, 3.8) is 0 Å². The number of aliphatic carboxylic acids is 1. The number of hydrogen-bond acceptors (Lipinski definition) is 7. The maximum absolute atomic E-state index is 12.2. The smallest absolute Gasteiger partial charge is 0.326 e. The SMILES string of the molecule is CSCCC(NC(=O)CNC(=O)C(CCSC)NC(=O)C(C)N)C(=O)O. The van der Waals surface area contributed by atoms with E-state index in [1.54, 1.807) is 0 Å². The van der Waals surface area contributed by atoms with Crippen molar-refractivity contribution < 1.29 is 24.3 Å². The Morgan fingerprint density at radius 3 is 1.96 bits per heavy atom. The van der Waals surface area contributed by atoms with Crippen LogP contribution in [0, 0.1) is 0 Å². The van der Waals surface area contributed by atoms with Crippen LogP contribution in [0.15, 0.2) is 0 Å². The van der Waals surface area contributed by atoms with E-state index < -0.39 is 41.8 Å². The van der Waals surface area contributed by atoms with E-state index >= 15 is 0 Å². The number of carboxylic acid groups (broad SMARTS) is 1. The van der Waals surface area contributed by atoms with Crippen LogP contribution in [0.5, 0.6) is 0 Å². The first-order chi connectivity index (χ1) is 12.2. The molecule has 3 unspecified atom stereocenters. The summed E-state index contributed by atoms with van der Waals surface area (Å²) in [6.45, 7) is 1.14. The average Bonchev–Trinajstić information content (AvgIpc) is 2.59. The number of hydrogen-bond donors (Lipinski definition) is 5. The van der Waals surface area contributed by atoms with Crippen molar-refractivity contribution in [2.45, 2.75) is 37.9 Å². The van der Waals surface area contributed by atoms with E-state index in [-0.39, 0.29) is 13.0 Å². The lowest BCUT2D eigenvalue weighted by Crippen LogP contribution is -2.53. The van der Waals surface area contributed by atoms with E-state index in [1.165, 1.54) is 30.4 Å². The topological polar surface area (TPSA) is 151 Å². The van der Waals surface area contributed by atoms with Crippen molar-refractivity contribution in [2.24, 2.45) is 5.73 Å². The maximum atomic E-state index is 12.2. The first kappa shape index (κ1) is 24.5. The molecule has 0 saturated carbocycles. The minimum atomic E-state index is -1.12. The summed E-state index contributed by atoms with van der Waals surface area (Å²) in [5.74, 6) is -1.48. The van der Waals surface area contributed by atoms with Crippen molar-refractivity contribution in [1.29, 1.82) is 0 Å². The van der Waals surface area contributed by atoms with E-state index in [1.807, 2.05) is 12.5 Å². The van der Waals surface area contributed by atoms with Crippen molar-refractivity contribution in [2.75, 3.05) is 30.6 Å². The van der Waals surface area contributed by atoms with Gasteiger partial charge in [0.05, 0.1) is 12.6 Å². The molecule has 0 rings (SSSR count). The fourth-order valence-electron chi connectivity index (χ4n) is 1.84. The summed E-state index contributed by atoms with van der Waals surface area (Å²) in [4.78, 5) is 46.9. The first-order valence-electron chi connectivity index (χ1n) is 8.06. The molecule has 0 aromatic carbocycles. The van der Waals surface area contributed by atoms with Gasteiger partial charge in [-0.15, -0.1) is 0 Å². The zero-order chi connectivity index (χ0) is 20.1. The highest BCUT2D eigenvalue weighted by Gasteiger charge is 2.23. The summed E-state index contributed by atoms with van der Waals surface area (Å²) in [5.41, 5.74) is 5.49. The molecule has 0 radical (unpaired) electrons. The van der Waals surface area contributed by atoms with Crippen LogP contribution >= 0.6 is 23.5 Å². The Balaban J connectivity index is 4.60. The molecule has 11 heteroatoms. The standard InChI is InChI=1S/C15H28N4O5S2/c1-9(16)13(21)19-10(4-6-25-2)14(22)17-8-12(20)18-11(15(23)24)5-7-26-3/h9-11H,4-8,16H2,1-3H3,(H,17,22)(H,18,20)(H,19,21)(H,23,24). The van der Waals surface area contributed by atoms with Gasteiger partial charge in [0.25, 0.3) is 0 Å². The van der Waals surface area contributed by atoms with Crippen LogP contribution in [-0.2, 0) is 19.2 Å². The van der Waals surface area contributed by atoms with Crippen LogP contribution in [-0.4, -0.2) is 77.5 Å². The molecular weight excluding hydrogens is 380 g/mol. The quantitative estimate of drug-likeness (QED) is 0.261. The highest BCUT2D eigenvalue weighted by molar-refractivity contribution is 7.98. The lowest BCUT2D eigenvalue weighted by Gasteiger charge is -2.19. The Hall–Kier alpha value is -1.46. The van der Waals surface area contributed by atoms with Gasteiger partial charge in [0.15, 0.2) is 0 Å². The third-order valence-electron chi connectivity index (χ3n) is 3.32. The number of thioether (sulfide) groups is 2. The molecule has 0 saturated heterocycles. The van der Waals surface area contributed by atoms with Crippen LogP contribution in [0.2, 0.25) is 0 Å². The van der Waals surface area contributed by atoms with E-state index in [0.717, 1.165) is 0 Å². The van der Waals surface area contributed by atoms with Gasteiger partial charge in [0.2, 0.25) is 17.7 Å². The largest absolute Gasteiger partial charge is 0.480 e. The second-order valence-corrected chi connectivity index (χ2v) is 7.56. The molecule has 3 amide bonds. The van der Waals surface area contributed by atoms with Crippen LogP contribution in [0.3, 0.4) is 0 Å². The summed E-state index contributed by atoms with van der Waals surface area (Å²) in [7, 11) is 0. The Morgan fingerprint density at radius 1 is 0.962 bits per heavy atom. The van der Waals surface area contributed by atoms with E-state index in [0.29, 0.717) is 17.9 Å². The second-order valence-electron chi connectivity index (χ2n) is 5.59. The maximum Gasteiger partial charge on any atom is 0.326 e. The average molecular weight is 409 g/mol. The molecule has 0 aromatic rings. The molecule has 9 nitrogen and oxygen atoms in total. The van der Waals surface area contributed by atoms with Gasteiger partial charge < -0.3 is 26.8 Å². The van der Waals surface area contributed by atoms with E-state index in [9.17, 15) is 19.2 Å². The molecule has 0 aliphatic carbocycles. The fourth-order valence-corrected chi connectivity index (χ4v) is 2.78.